The number of thiophene rings is 1. The SMILES string of the molecule is CCSc1sc(C(C)O)cc1[N+](=O)[O-]. The van der Waals surface area contributed by atoms with Gasteiger partial charge in [-0.05, 0) is 12.7 Å². The van der Waals surface area contributed by atoms with Crippen LogP contribution in [0.2, 0.25) is 0 Å². The average molecular weight is 233 g/mol. The molecule has 1 atom stereocenters. The molecule has 0 radical (unpaired) electrons. The van der Waals surface area contributed by atoms with Crippen molar-refractivity contribution in [2.75, 3.05) is 5.75 Å². The van der Waals surface area contributed by atoms with Crippen LogP contribution in [0.5, 0.6) is 0 Å². The van der Waals surface area contributed by atoms with Crippen LogP contribution in [0.4, 0.5) is 5.69 Å². The second kappa shape index (κ2) is 4.77. The van der Waals surface area contributed by atoms with Gasteiger partial charge in [-0.1, -0.05) is 6.92 Å². The Balaban J connectivity index is 3.05. The van der Waals surface area contributed by atoms with E-state index < -0.39 is 11.0 Å². The van der Waals surface area contributed by atoms with E-state index in [4.69, 9.17) is 0 Å². The third-order valence-corrected chi connectivity index (χ3v) is 4.04. The first-order valence-corrected chi connectivity index (χ1v) is 5.95. The van der Waals surface area contributed by atoms with Gasteiger partial charge in [0.2, 0.25) is 0 Å². The van der Waals surface area contributed by atoms with Gasteiger partial charge in [-0.3, -0.25) is 10.1 Å². The monoisotopic (exact) mass is 233 g/mol. The number of hydrogen-bond acceptors (Lipinski definition) is 5. The fourth-order valence-electron chi connectivity index (χ4n) is 0.950. The minimum atomic E-state index is -0.634. The molecule has 0 aliphatic rings. The molecule has 4 nitrogen and oxygen atoms in total. The van der Waals surface area contributed by atoms with E-state index in [9.17, 15) is 15.2 Å². The van der Waals surface area contributed by atoms with Crippen LogP contribution in [0.15, 0.2) is 10.3 Å². The van der Waals surface area contributed by atoms with Gasteiger partial charge in [0.1, 0.15) is 4.21 Å². The predicted molar refractivity (Wildman–Crippen MR) is 58.0 cm³/mol. The Hall–Kier alpha value is -0.590. The molecule has 0 bridgehead atoms. The number of hydrogen-bond donors (Lipinski definition) is 1. The zero-order valence-electron chi connectivity index (χ0n) is 7.89. The highest BCUT2D eigenvalue weighted by Crippen LogP contribution is 2.39. The van der Waals surface area contributed by atoms with Gasteiger partial charge in [0, 0.05) is 10.9 Å². The zero-order valence-corrected chi connectivity index (χ0v) is 9.52. The summed E-state index contributed by atoms with van der Waals surface area (Å²) in [5, 5.41) is 19.9. The van der Waals surface area contributed by atoms with E-state index in [1.807, 2.05) is 6.92 Å². The van der Waals surface area contributed by atoms with Crippen LogP contribution < -0.4 is 0 Å². The molecule has 0 aromatic carbocycles. The molecule has 0 saturated carbocycles. The molecule has 0 amide bonds. The van der Waals surface area contributed by atoms with E-state index in [0.717, 1.165) is 5.75 Å². The molecule has 0 aliphatic heterocycles. The summed E-state index contributed by atoms with van der Waals surface area (Å²) in [5.41, 5.74) is 0.109. The molecule has 0 fully saturated rings. The van der Waals surface area contributed by atoms with E-state index in [1.165, 1.54) is 29.2 Å². The fraction of sp³-hybridized carbons (Fsp3) is 0.500. The van der Waals surface area contributed by atoms with Gasteiger partial charge in [-0.15, -0.1) is 23.1 Å². The van der Waals surface area contributed by atoms with Crippen molar-refractivity contribution in [3.63, 3.8) is 0 Å². The van der Waals surface area contributed by atoms with Crippen molar-refractivity contribution in [3.05, 3.63) is 21.1 Å². The second-order valence-corrected chi connectivity index (χ2v) is 5.30. The number of nitrogens with zero attached hydrogens (tertiary/aromatic N) is 1. The third kappa shape index (κ3) is 2.46. The molecular weight excluding hydrogens is 222 g/mol. The van der Waals surface area contributed by atoms with E-state index in [0.29, 0.717) is 9.09 Å². The normalized spacial score (nSPS) is 12.8. The van der Waals surface area contributed by atoms with Gasteiger partial charge in [-0.25, -0.2) is 0 Å². The van der Waals surface area contributed by atoms with Crippen molar-refractivity contribution in [1.82, 2.24) is 0 Å². The second-order valence-electron chi connectivity index (χ2n) is 2.69. The largest absolute Gasteiger partial charge is 0.388 e. The lowest BCUT2D eigenvalue weighted by Crippen LogP contribution is -1.87. The first-order valence-electron chi connectivity index (χ1n) is 4.15. The van der Waals surface area contributed by atoms with Crippen molar-refractivity contribution < 1.29 is 10.0 Å². The molecule has 1 aromatic rings. The number of aliphatic hydroxyl groups is 1. The molecule has 6 heteroatoms. The average Bonchev–Trinajstić information content (AvgIpc) is 2.49. The van der Waals surface area contributed by atoms with Crippen LogP contribution in [0.1, 0.15) is 24.8 Å². The first kappa shape index (κ1) is 11.5. The number of nitro groups is 1. The summed E-state index contributed by atoms with van der Waals surface area (Å²) in [6.45, 7) is 3.55. The summed E-state index contributed by atoms with van der Waals surface area (Å²) >= 11 is 2.73. The molecule has 1 unspecified atom stereocenters. The molecule has 1 aromatic heterocycles. The van der Waals surface area contributed by atoms with Crippen LogP contribution in [-0.2, 0) is 0 Å². The van der Waals surface area contributed by atoms with E-state index in [1.54, 1.807) is 6.92 Å². The smallest absolute Gasteiger partial charge is 0.294 e. The van der Waals surface area contributed by atoms with Gasteiger partial charge in [0.05, 0.1) is 11.0 Å². The van der Waals surface area contributed by atoms with Crippen LogP contribution >= 0.6 is 23.1 Å². The molecule has 1 heterocycles. The molecule has 1 rings (SSSR count). The van der Waals surface area contributed by atoms with Gasteiger partial charge in [0.25, 0.3) is 5.69 Å². The maximum absolute atomic E-state index is 10.6. The Labute approximate surface area is 90.1 Å². The zero-order chi connectivity index (χ0) is 10.7. The molecule has 78 valence electrons. The molecular formula is C8H11NO3S2. The Kier molecular flexibility index (Phi) is 3.91. The molecule has 1 N–H and O–H groups in total. The van der Waals surface area contributed by atoms with Crippen molar-refractivity contribution in [3.8, 4) is 0 Å². The third-order valence-electron chi connectivity index (χ3n) is 1.58. The lowest BCUT2D eigenvalue weighted by molar-refractivity contribution is -0.387. The highest BCUT2D eigenvalue weighted by Gasteiger charge is 2.20. The van der Waals surface area contributed by atoms with Crippen LogP contribution in [0.3, 0.4) is 0 Å². The Morgan fingerprint density at radius 1 is 1.79 bits per heavy atom. The first-order chi connectivity index (χ1) is 6.56. The number of rotatable bonds is 4. The quantitative estimate of drug-likeness (QED) is 0.493. The minimum Gasteiger partial charge on any atom is -0.388 e. The van der Waals surface area contributed by atoms with Gasteiger partial charge in [0.15, 0.2) is 0 Å². The van der Waals surface area contributed by atoms with Crippen molar-refractivity contribution in [1.29, 1.82) is 0 Å². The Morgan fingerprint density at radius 3 is 2.86 bits per heavy atom. The summed E-state index contributed by atoms with van der Waals surface area (Å²) in [4.78, 5) is 10.9. The summed E-state index contributed by atoms with van der Waals surface area (Å²) < 4.78 is 0.674. The predicted octanol–water partition coefficient (Wildman–Crippen LogP) is 2.82. The Bertz CT molecular complexity index is 335. The highest BCUT2D eigenvalue weighted by atomic mass is 32.2. The summed E-state index contributed by atoms with van der Waals surface area (Å²) in [6.07, 6.45) is -0.634. The molecule has 0 aliphatic carbocycles. The standard InChI is InChI=1S/C8H11NO3S2/c1-3-13-8-6(9(11)12)4-7(14-8)5(2)10/h4-5,10H,3H2,1-2H3. The summed E-state index contributed by atoms with van der Waals surface area (Å²) in [6, 6.07) is 1.45. The maximum atomic E-state index is 10.6. The van der Waals surface area contributed by atoms with Gasteiger partial charge >= 0.3 is 0 Å². The van der Waals surface area contributed by atoms with E-state index >= 15 is 0 Å². The highest BCUT2D eigenvalue weighted by molar-refractivity contribution is 8.01. The minimum absolute atomic E-state index is 0.109. The number of thioether (sulfide) groups is 1. The van der Waals surface area contributed by atoms with Gasteiger partial charge in [-0.2, -0.15) is 0 Å². The molecule has 14 heavy (non-hydrogen) atoms. The van der Waals surface area contributed by atoms with Crippen LogP contribution in [0, 0.1) is 10.1 Å². The van der Waals surface area contributed by atoms with E-state index in [-0.39, 0.29) is 5.69 Å². The molecule has 0 saturated heterocycles. The summed E-state index contributed by atoms with van der Waals surface area (Å²) in [7, 11) is 0. The topological polar surface area (TPSA) is 63.4 Å². The van der Waals surface area contributed by atoms with Crippen molar-refractivity contribution in [2.24, 2.45) is 0 Å². The van der Waals surface area contributed by atoms with Gasteiger partial charge < -0.3 is 5.11 Å². The maximum Gasteiger partial charge on any atom is 0.294 e. The Morgan fingerprint density at radius 2 is 2.43 bits per heavy atom. The fourth-order valence-corrected chi connectivity index (χ4v) is 3.16. The van der Waals surface area contributed by atoms with E-state index in [2.05, 4.69) is 0 Å². The lowest BCUT2D eigenvalue weighted by Gasteiger charge is -1.95. The van der Waals surface area contributed by atoms with Crippen molar-refractivity contribution >= 4 is 28.8 Å². The van der Waals surface area contributed by atoms with Crippen LogP contribution in [-0.4, -0.2) is 15.8 Å². The molecule has 0 spiro atoms. The van der Waals surface area contributed by atoms with Crippen molar-refractivity contribution in [2.45, 2.75) is 24.2 Å². The summed E-state index contributed by atoms with van der Waals surface area (Å²) in [5.74, 6) is 0.792. The number of aliphatic hydroxyl groups excluding tert-OH is 1. The van der Waals surface area contributed by atoms with Crippen LogP contribution in [0.25, 0.3) is 0 Å². The lowest BCUT2D eigenvalue weighted by atomic mass is 10.3.